The average Bonchev–Trinajstić information content (AvgIpc) is 2.52. The van der Waals surface area contributed by atoms with E-state index in [1.807, 2.05) is 12.1 Å². The van der Waals surface area contributed by atoms with Crippen LogP contribution < -0.4 is 14.2 Å². The summed E-state index contributed by atoms with van der Waals surface area (Å²) in [6.07, 6.45) is 2.09. The molecule has 0 aromatic heterocycles. The molecule has 21 heavy (non-hydrogen) atoms. The van der Waals surface area contributed by atoms with Crippen molar-refractivity contribution < 1.29 is 24.4 Å². The number of benzene rings is 1. The van der Waals surface area contributed by atoms with E-state index < -0.39 is 0 Å². The van der Waals surface area contributed by atoms with E-state index in [1.54, 1.807) is 27.4 Å². The molecule has 0 saturated carbocycles. The molecule has 0 aliphatic carbocycles. The van der Waals surface area contributed by atoms with Crippen LogP contribution in [0.1, 0.15) is 5.56 Å². The second-order valence-corrected chi connectivity index (χ2v) is 4.15. The number of methoxy groups -OCH3 is 3. The summed E-state index contributed by atoms with van der Waals surface area (Å²) in [5.74, 6) is 6.84. The van der Waals surface area contributed by atoms with Crippen LogP contribution in [0.5, 0.6) is 17.2 Å². The Balaban J connectivity index is 3.10. The SMILES string of the molecule is COc1cc(C/C(=C\C#CCO)CO)cc(OC)c1OC. The maximum absolute atomic E-state index is 9.35. The number of hydrogen-bond acceptors (Lipinski definition) is 5. The van der Waals surface area contributed by atoms with E-state index >= 15 is 0 Å². The molecule has 0 spiro atoms. The predicted octanol–water partition coefficient (Wildman–Crippen LogP) is 1.17. The summed E-state index contributed by atoms with van der Waals surface area (Å²) in [5.41, 5.74) is 1.63. The molecule has 1 aromatic carbocycles. The number of hydrogen-bond donors (Lipinski definition) is 2. The van der Waals surface area contributed by atoms with E-state index in [1.165, 1.54) is 0 Å². The third kappa shape index (κ3) is 4.71. The number of aliphatic hydroxyl groups excluding tert-OH is 2. The van der Waals surface area contributed by atoms with Crippen molar-refractivity contribution in [2.45, 2.75) is 6.42 Å². The summed E-state index contributed by atoms with van der Waals surface area (Å²) in [4.78, 5) is 0. The summed E-state index contributed by atoms with van der Waals surface area (Å²) in [6, 6.07) is 3.65. The molecule has 0 radical (unpaired) electrons. The van der Waals surface area contributed by atoms with Crippen molar-refractivity contribution in [2.75, 3.05) is 34.5 Å². The van der Waals surface area contributed by atoms with Crippen LogP contribution in [0.2, 0.25) is 0 Å². The molecular formula is C16H20O5. The zero-order chi connectivity index (χ0) is 15.7. The Morgan fingerprint density at radius 1 is 1.10 bits per heavy atom. The van der Waals surface area contributed by atoms with Gasteiger partial charge in [0.05, 0.1) is 27.9 Å². The largest absolute Gasteiger partial charge is 0.493 e. The van der Waals surface area contributed by atoms with Crippen LogP contribution in [0, 0.1) is 11.8 Å². The van der Waals surface area contributed by atoms with Gasteiger partial charge in [-0.25, -0.2) is 0 Å². The van der Waals surface area contributed by atoms with Gasteiger partial charge in [0.1, 0.15) is 6.61 Å². The summed E-state index contributed by atoms with van der Waals surface area (Å²) < 4.78 is 15.8. The van der Waals surface area contributed by atoms with Gasteiger partial charge in [0.2, 0.25) is 5.75 Å². The van der Waals surface area contributed by atoms with E-state index in [4.69, 9.17) is 19.3 Å². The second kappa shape index (κ2) is 8.90. The minimum atomic E-state index is -0.209. The van der Waals surface area contributed by atoms with Crippen molar-refractivity contribution in [1.82, 2.24) is 0 Å². The van der Waals surface area contributed by atoms with Crippen LogP contribution in [-0.4, -0.2) is 44.8 Å². The van der Waals surface area contributed by atoms with Gasteiger partial charge >= 0.3 is 0 Å². The first-order valence-electron chi connectivity index (χ1n) is 6.37. The highest BCUT2D eigenvalue weighted by Gasteiger charge is 2.13. The highest BCUT2D eigenvalue weighted by Crippen LogP contribution is 2.38. The van der Waals surface area contributed by atoms with Crippen LogP contribution in [-0.2, 0) is 6.42 Å². The lowest BCUT2D eigenvalue weighted by Crippen LogP contribution is -2.00. The molecule has 0 saturated heterocycles. The van der Waals surface area contributed by atoms with Gasteiger partial charge in [0, 0.05) is 0 Å². The molecule has 1 aromatic rings. The Hall–Kier alpha value is -2.16. The maximum atomic E-state index is 9.35. The van der Waals surface area contributed by atoms with Crippen LogP contribution in [0.15, 0.2) is 23.8 Å². The van der Waals surface area contributed by atoms with Crippen LogP contribution in [0.25, 0.3) is 0 Å². The second-order valence-electron chi connectivity index (χ2n) is 4.15. The van der Waals surface area contributed by atoms with E-state index in [0.29, 0.717) is 23.7 Å². The molecule has 0 atom stereocenters. The summed E-state index contributed by atoms with van der Waals surface area (Å²) in [7, 11) is 4.65. The molecule has 5 nitrogen and oxygen atoms in total. The molecule has 0 amide bonds. The minimum Gasteiger partial charge on any atom is -0.493 e. The number of aliphatic hydroxyl groups is 2. The molecule has 0 heterocycles. The first kappa shape index (κ1) is 16.9. The molecule has 0 fully saturated rings. The quantitative estimate of drug-likeness (QED) is 0.770. The van der Waals surface area contributed by atoms with E-state index in [-0.39, 0.29) is 13.2 Å². The molecule has 0 bridgehead atoms. The van der Waals surface area contributed by atoms with Crippen LogP contribution >= 0.6 is 0 Å². The Labute approximate surface area is 124 Å². The van der Waals surface area contributed by atoms with Gasteiger partial charge in [-0.05, 0) is 35.8 Å². The zero-order valence-corrected chi connectivity index (χ0v) is 12.5. The predicted molar refractivity (Wildman–Crippen MR) is 79.8 cm³/mol. The highest BCUT2D eigenvalue weighted by molar-refractivity contribution is 5.54. The normalized spacial score (nSPS) is 10.6. The van der Waals surface area contributed by atoms with Crippen molar-refractivity contribution in [3.8, 4) is 29.1 Å². The lowest BCUT2D eigenvalue weighted by Gasteiger charge is -2.14. The van der Waals surface area contributed by atoms with Gasteiger partial charge in [0.25, 0.3) is 0 Å². The fourth-order valence-corrected chi connectivity index (χ4v) is 1.85. The summed E-state index contributed by atoms with van der Waals surface area (Å²) in [5, 5.41) is 18.0. The molecule has 1 rings (SSSR count). The van der Waals surface area contributed by atoms with Gasteiger partial charge in [-0.15, -0.1) is 0 Å². The monoisotopic (exact) mass is 292 g/mol. The standard InChI is InChI=1S/C16H20O5/c1-19-14-9-13(10-15(20-2)16(14)21-3)8-12(11-18)6-4-5-7-17/h6,9-10,17-18H,7-8,11H2,1-3H3/b12-6+. The van der Waals surface area contributed by atoms with Crippen LogP contribution in [0.3, 0.4) is 0 Å². The summed E-state index contributed by atoms with van der Waals surface area (Å²) >= 11 is 0. The zero-order valence-electron chi connectivity index (χ0n) is 12.5. The van der Waals surface area contributed by atoms with Gasteiger partial charge in [0.15, 0.2) is 11.5 Å². The minimum absolute atomic E-state index is 0.114. The van der Waals surface area contributed by atoms with Crippen LogP contribution in [0.4, 0.5) is 0 Å². The Morgan fingerprint density at radius 3 is 2.14 bits per heavy atom. The Morgan fingerprint density at radius 2 is 1.71 bits per heavy atom. The number of allylic oxidation sites excluding steroid dienone is 1. The third-order valence-corrected chi connectivity index (χ3v) is 2.82. The molecule has 0 aliphatic rings. The van der Waals surface area contributed by atoms with Gasteiger partial charge in [-0.2, -0.15) is 0 Å². The number of rotatable bonds is 6. The Kier molecular flexibility index (Phi) is 7.16. The average molecular weight is 292 g/mol. The third-order valence-electron chi connectivity index (χ3n) is 2.82. The van der Waals surface area contributed by atoms with Crippen molar-refractivity contribution in [3.63, 3.8) is 0 Å². The van der Waals surface area contributed by atoms with Gasteiger partial charge in [-0.3, -0.25) is 0 Å². The molecular weight excluding hydrogens is 272 g/mol. The highest BCUT2D eigenvalue weighted by atomic mass is 16.5. The fourth-order valence-electron chi connectivity index (χ4n) is 1.85. The first-order valence-corrected chi connectivity index (χ1v) is 6.37. The summed E-state index contributed by atoms with van der Waals surface area (Å²) in [6.45, 7) is -0.323. The van der Waals surface area contributed by atoms with Crippen molar-refractivity contribution in [3.05, 3.63) is 29.3 Å². The molecule has 2 N–H and O–H groups in total. The lowest BCUT2D eigenvalue weighted by atomic mass is 10.0. The molecule has 114 valence electrons. The molecule has 0 unspecified atom stereocenters. The maximum Gasteiger partial charge on any atom is 0.203 e. The Bertz CT molecular complexity index is 527. The first-order chi connectivity index (χ1) is 10.2. The smallest absolute Gasteiger partial charge is 0.203 e. The van der Waals surface area contributed by atoms with Crippen molar-refractivity contribution in [1.29, 1.82) is 0 Å². The van der Waals surface area contributed by atoms with Crippen molar-refractivity contribution in [2.24, 2.45) is 0 Å². The van der Waals surface area contributed by atoms with E-state index in [2.05, 4.69) is 11.8 Å². The molecule has 5 heteroatoms. The lowest BCUT2D eigenvalue weighted by molar-refractivity contribution is 0.322. The van der Waals surface area contributed by atoms with E-state index in [9.17, 15) is 5.11 Å². The van der Waals surface area contributed by atoms with E-state index in [0.717, 1.165) is 11.1 Å². The van der Waals surface area contributed by atoms with Gasteiger partial charge in [-0.1, -0.05) is 11.8 Å². The molecule has 0 aliphatic heterocycles. The van der Waals surface area contributed by atoms with Crippen molar-refractivity contribution >= 4 is 0 Å². The van der Waals surface area contributed by atoms with Gasteiger partial charge < -0.3 is 24.4 Å². The topological polar surface area (TPSA) is 68.2 Å². The fraction of sp³-hybridized carbons (Fsp3) is 0.375. The number of ether oxygens (including phenoxy) is 3.